The van der Waals surface area contributed by atoms with Crippen molar-refractivity contribution in [1.82, 2.24) is 0 Å². The number of carbonyl (C=O) groups is 1. The highest BCUT2D eigenvalue weighted by Crippen LogP contribution is 2.30. The van der Waals surface area contributed by atoms with Gasteiger partial charge >= 0.3 is 5.97 Å². The minimum Gasteiger partial charge on any atom is -0.481 e. The number of rotatable bonds is 3. The summed E-state index contributed by atoms with van der Waals surface area (Å²) in [6.45, 7) is 3.67. The molecular weight excluding hydrogens is 216 g/mol. The van der Waals surface area contributed by atoms with Gasteiger partial charge in [-0.2, -0.15) is 0 Å². The first-order chi connectivity index (χ1) is 6.83. The predicted octanol–water partition coefficient (Wildman–Crippen LogP) is 1.17. The van der Waals surface area contributed by atoms with Crippen LogP contribution in [0.25, 0.3) is 0 Å². The van der Waals surface area contributed by atoms with Gasteiger partial charge in [0.15, 0.2) is 9.84 Å². The second kappa shape index (κ2) is 4.51. The van der Waals surface area contributed by atoms with Gasteiger partial charge in [-0.05, 0) is 24.7 Å². The minimum absolute atomic E-state index is 0.0131. The van der Waals surface area contributed by atoms with Crippen molar-refractivity contribution < 1.29 is 18.3 Å². The molecule has 0 aromatic heterocycles. The molecule has 1 heterocycles. The third-order valence-corrected chi connectivity index (χ3v) is 4.86. The zero-order valence-corrected chi connectivity index (χ0v) is 9.96. The van der Waals surface area contributed by atoms with Crippen LogP contribution in [0.3, 0.4) is 0 Å². The quantitative estimate of drug-likeness (QED) is 0.795. The summed E-state index contributed by atoms with van der Waals surface area (Å²) in [4.78, 5) is 11.1. The fourth-order valence-electron chi connectivity index (χ4n) is 2.37. The van der Waals surface area contributed by atoms with Crippen molar-refractivity contribution in [2.75, 3.05) is 11.5 Å². The number of carboxylic acids is 1. The molecule has 1 N–H and O–H groups in total. The van der Waals surface area contributed by atoms with E-state index in [9.17, 15) is 13.2 Å². The average molecular weight is 234 g/mol. The van der Waals surface area contributed by atoms with Crippen LogP contribution in [0.15, 0.2) is 0 Å². The average Bonchev–Trinajstić information content (AvgIpc) is 1.99. The summed E-state index contributed by atoms with van der Waals surface area (Å²) >= 11 is 0. The Morgan fingerprint density at radius 1 is 1.40 bits per heavy atom. The van der Waals surface area contributed by atoms with E-state index in [1.54, 1.807) is 0 Å². The first-order valence-electron chi connectivity index (χ1n) is 5.26. The Morgan fingerprint density at radius 2 is 2.00 bits per heavy atom. The van der Waals surface area contributed by atoms with Crippen LogP contribution in [0.5, 0.6) is 0 Å². The molecule has 0 aromatic carbocycles. The van der Waals surface area contributed by atoms with E-state index in [-0.39, 0.29) is 23.3 Å². The molecule has 1 rings (SSSR count). The van der Waals surface area contributed by atoms with Gasteiger partial charge in [-0.1, -0.05) is 13.8 Å². The summed E-state index contributed by atoms with van der Waals surface area (Å²) in [7, 11) is -3.01. The van der Waals surface area contributed by atoms with Crippen LogP contribution in [-0.2, 0) is 14.6 Å². The van der Waals surface area contributed by atoms with Gasteiger partial charge in [0, 0.05) is 0 Å². The summed E-state index contributed by atoms with van der Waals surface area (Å²) in [5.74, 6) is -1.36. The number of aliphatic carboxylic acids is 1. The molecule has 1 aliphatic rings. The van der Waals surface area contributed by atoms with Crippen LogP contribution in [0, 0.1) is 17.8 Å². The van der Waals surface area contributed by atoms with E-state index in [2.05, 4.69) is 0 Å². The molecular formula is C10H18O4S. The SMILES string of the molecule is CC(C)C(C(=O)O)C1CCCS(=O)(=O)C1. The van der Waals surface area contributed by atoms with Crippen LogP contribution in [-0.4, -0.2) is 31.0 Å². The maximum atomic E-state index is 11.4. The van der Waals surface area contributed by atoms with Crippen molar-refractivity contribution >= 4 is 15.8 Å². The van der Waals surface area contributed by atoms with Gasteiger partial charge in [0.05, 0.1) is 17.4 Å². The van der Waals surface area contributed by atoms with Crippen LogP contribution in [0.2, 0.25) is 0 Å². The molecule has 15 heavy (non-hydrogen) atoms. The van der Waals surface area contributed by atoms with E-state index in [1.165, 1.54) is 0 Å². The lowest BCUT2D eigenvalue weighted by atomic mass is 9.82. The number of carboxylic acid groups (broad SMARTS) is 1. The number of hydrogen-bond donors (Lipinski definition) is 1. The number of sulfone groups is 1. The Morgan fingerprint density at radius 3 is 2.40 bits per heavy atom. The normalized spacial score (nSPS) is 27.5. The van der Waals surface area contributed by atoms with Crippen molar-refractivity contribution in [2.24, 2.45) is 17.8 Å². The largest absolute Gasteiger partial charge is 0.481 e. The highest BCUT2D eigenvalue weighted by molar-refractivity contribution is 7.91. The molecule has 0 amide bonds. The maximum absolute atomic E-state index is 11.4. The monoisotopic (exact) mass is 234 g/mol. The fraction of sp³-hybridized carbons (Fsp3) is 0.900. The summed E-state index contributed by atoms with van der Waals surface area (Å²) in [6.07, 6.45) is 1.32. The Balaban J connectivity index is 2.81. The van der Waals surface area contributed by atoms with Gasteiger partial charge in [0.1, 0.15) is 0 Å². The van der Waals surface area contributed by atoms with Crippen LogP contribution in [0.1, 0.15) is 26.7 Å². The molecule has 88 valence electrons. The van der Waals surface area contributed by atoms with Gasteiger partial charge < -0.3 is 5.11 Å². The van der Waals surface area contributed by atoms with Crippen molar-refractivity contribution in [3.05, 3.63) is 0 Å². The maximum Gasteiger partial charge on any atom is 0.307 e. The second-order valence-corrected chi connectivity index (χ2v) is 6.85. The van der Waals surface area contributed by atoms with Crippen LogP contribution < -0.4 is 0 Å². The van der Waals surface area contributed by atoms with Crippen LogP contribution in [0.4, 0.5) is 0 Å². The molecule has 0 saturated carbocycles. The molecule has 5 heteroatoms. The molecule has 2 unspecified atom stereocenters. The summed E-state index contributed by atoms with van der Waals surface area (Å²) in [6, 6.07) is 0. The highest BCUT2D eigenvalue weighted by Gasteiger charge is 2.36. The van der Waals surface area contributed by atoms with Crippen molar-refractivity contribution in [2.45, 2.75) is 26.7 Å². The van der Waals surface area contributed by atoms with Gasteiger partial charge in [0.2, 0.25) is 0 Å². The Bertz CT molecular complexity index is 331. The summed E-state index contributed by atoms with van der Waals surface area (Å²) in [5.41, 5.74) is 0. The molecule has 0 bridgehead atoms. The first-order valence-corrected chi connectivity index (χ1v) is 7.09. The third kappa shape index (κ3) is 3.19. The Hall–Kier alpha value is -0.580. The summed E-state index contributed by atoms with van der Waals surface area (Å²) < 4.78 is 22.8. The minimum atomic E-state index is -3.01. The van der Waals surface area contributed by atoms with Gasteiger partial charge in [-0.25, -0.2) is 8.42 Å². The van der Waals surface area contributed by atoms with E-state index in [4.69, 9.17) is 5.11 Å². The van der Waals surface area contributed by atoms with Gasteiger partial charge in [0.25, 0.3) is 0 Å². The van der Waals surface area contributed by atoms with Gasteiger partial charge in [-0.15, -0.1) is 0 Å². The molecule has 0 spiro atoms. The third-order valence-electron chi connectivity index (χ3n) is 3.01. The van der Waals surface area contributed by atoms with Crippen LogP contribution >= 0.6 is 0 Å². The summed E-state index contributed by atoms with van der Waals surface area (Å²) in [5, 5.41) is 9.07. The van der Waals surface area contributed by atoms with Crippen molar-refractivity contribution in [3.63, 3.8) is 0 Å². The lowest BCUT2D eigenvalue weighted by Gasteiger charge is -2.29. The molecule has 1 saturated heterocycles. The molecule has 0 radical (unpaired) electrons. The molecule has 1 aliphatic heterocycles. The van der Waals surface area contributed by atoms with Gasteiger partial charge in [-0.3, -0.25) is 4.79 Å². The predicted molar refractivity (Wildman–Crippen MR) is 57.3 cm³/mol. The smallest absolute Gasteiger partial charge is 0.307 e. The topological polar surface area (TPSA) is 71.4 Å². The van der Waals surface area contributed by atoms with Crippen molar-refractivity contribution in [3.8, 4) is 0 Å². The number of hydrogen-bond acceptors (Lipinski definition) is 3. The zero-order valence-electron chi connectivity index (χ0n) is 9.14. The molecule has 2 atom stereocenters. The van der Waals surface area contributed by atoms with E-state index in [0.717, 1.165) is 0 Å². The second-order valence-electron chi connectivity index (χ2n) is 4.62. The molecule has 0 aliphatic carbocycles. The van der Waals surface area contributed by atoms with E-state index in [1.807, 2.05) is 13.8 Å². The van der Waals surface area contributed by atoms with E-state index in [0.29, 0.717) is 12.8 Å². The lowest BCUT2D eigenvalue weighted by molar-refractivity contribution is -0.145. The first kappa shape index (κ1) is 12.5. The highest BCUT2D eigenvalue weighted by atomic mass is 32.2. The molecule has 1 fully saturated rings. The molecule has 0 aromatic rings. The van der Waals surface area contributed by atoms with E-state index >= 15 is 0 Å². The Kier molecular flexibility index (Phi) is 3.76. The standard InChI is InChI=1S/C10H18O4S/c1-7(2)9(10(11)12)8-4-3-5-15(13,14)6-8/h7-9H,3-6H2,1-2H3,(H,11,12). The van der Waals surface area contributed by atoms with E-state index < -0.39 is 21.7 Å². The zero-order chi connectivity index (χ0) is 11.6. The molecule has 4 nitrogen and oxygen atoms in total. The Labute approximate surface area is 90.6 Å². The van der Waals surface area contributed by atoms with Crippen molar-refractivity contribution in [1.29, 1.82) is 0 Å². The fourth-order valence-corrected chi connectivity index (χ4v) is 4.17. The lowest BCUT2D eigenvalue weighted by Crippen LogP contribution is -2.36.